The molecule has 1 aromatic carbocycles. The molecule has 0 bridgehead atoms. The van der Waals surface area contributed by atoms with Gasteiger partial charge >= 0.3 is 0 Å². The second-order valence-corrected chi connectivity index (χ2v) is 6.99. The Labute approximate surface area is 158 Å². The molecule has 1 aliphatic rings. The minimum absolute atomic E-state index is 0.00608. The number of hydroxylamine groups is 1. The van der Waals surface area contributed by atoms with Crippen LogP contribution in [0.5, 0.6) is 0 Å². The first-order valence-corrected chi connectivity index (χ1v) is 9.14. The predicted molar refractivity (Wildman–Crippen MR) is 99.7 cm³/mol. The number of carbonyl (C=O) groups is 3. The van der Waals surface area contributed by atoms with Crippen LogP contribution in [0.4, 0.5) is 0 Å². The summed E-state index contributed by atoms with van der Waals surface area (Å²) >= 11 is 0. The van der Waals surface area contributed by atoms with Crippen LogP contribution in [-0.2, 0) is 14.4 Å². The SMILES string of the molecule is CCCCC(C(=O)NO)N1C(=O)C(=O)C(=C(O)c2ccccc2)C1C(C)C. The summed E-state index contributed by atoms with van der Waals surface area (Å²) in [4.78, 5) is 38.9. The second kappa shape index (κ2) is 8.81. The summed E-state index contributed by atoms with van der Waals surface area (Å²) in [5.41, 5.74) is 2.02. The quantitative estimate of drug-likeness (QED) is 0.223. The molecule has 0 radical (unpaired) electrons. The van der Waals surface area contributed by atoms with Gasteiger partial charge in [0, 0.05) is 5.56 Å². The highest BCUT2D eigenvalue weighted by Crippen LogP contribution is 2.35. The molecule has 2 rings (SSSR count). The molecule has 1 saturated heterocycles. The van der Waals surface area contributed by atoms with Gasteiger partial charge in [-0.05, 0) is 12.3 Å². The number of unbranched alkanes of at least 4 members (excludes halogenated alkanes) is 1. The Morgan fingerprint density at radius 3 is 2.37 bits per heavy atom. The van der Waals surface area contributed by atoms with E-state index in [1.54, 1.807) is 35.8 Å². The van der Waals surface area contributed by atoms with Gasteiger partial charge in [0.25, 0.3) is 17.6 Å². The first-order chi connectivity index (χ1) is 12.8. The van der Waals surface area contributed by atoms with Crippen molar-refractivity contribution in [2.45, 2.75) is 52.1 Å². The van der Waals surface area contributed by atoms with Gasteiger partial charge < -0.3 is 10.0 Å². The number of benzene rings is 1. The van der Waals surface area contributed by atoms with Crippen molar-refractivity contribution in [3.63, 3.8) is 0 Å². The summed E-state index contributed by atoms with van der Waals surface area (Å²) in [7, 11) is 0. The maximum Gasteiger partial charge on any atom is 0.296 e. The number of ketones is 1. The Kier molecular flexibility index (Phi) is 6.74. The summed E-state index contributed by atoms with van der Waals surface area (Å²) in [5, 5.41) is 19.8. The van der Waals surface area contributed by atoms with Gasteiger partial charge in [-0.3, -0.25) is 19.6 Å². The fourth-order valence-corrected chi connectivity index (χ4v) is 3.49. The number of Topliss-reactive ketones (excluding diaryl/α,β-unsaturated/α-hetero) is 1. The molecule has 0 saturated carbocycles. The molecule has 1 fully saturated rings. The van der Waals surface area contributed by atoms with Crippen LogP contribution in [0.3, 0.4) is 0 Å². The first-order valence-electron chi connectivity index (χ1n) is 9.14. The Bertz CT molecular complexity index is 742. The normalized spacial score (nSPS) is 20.2. The van der Waals surface area contributed by atoms with Gasteiger partial charge in [0.1, 0.15) is 11.8 Å². The molecule has 1 aromatic rings. The lowest BCUT2D eigenvalue weighted by Crippen LogP contribution is -2.52. The lowest BCUT2D eigenvalue weighted by atomic mass is 9.92. The zero-order chi connectivity index (χ0) is 20.1. The Morgan fingerprint density at radius 2 is 1.85 bits per heavy atom. The number of aliphatic hydroxyl groups excluding tert-OH is 1. The molecule has 27 heavy (non-hydrogen) atoms. The lowest BCUT2D eigenvalue weighted by Gasteiger charge is -2.33. The highest BCUT2D eigenvalue weighted by Gasteiger charge is 2.50. The van der Waals surface area contributed by atoms with E-state index in [0.29, 0.717) is 18.4 Å². The number of likely N-dealkylation sites (tertiary alicyclic amines) is 1. The maximum absolute atomic E-state index is 12.8. The Hall–Kier alpha value is -2.67. The molecule has 7 nitrogen and oxygen atoms in total. The van der Waals surface area contributed by atoms with E-state index in [9.17, 15) is 19.5 Å². The van der Waals surface area contributed by atoms with Crippen LogP contribution in [0.15, 0.2) is 35.9 Å². The van der Waals surface area contributed by atoms with Crippen molar-refractivity contribution in [2.24, 2.45) is 5.92 Å². The lowest BCUT2D eigenvalue weighted by molar-refractivity contribution is -0.148. The van der Waals surface area contributed by atoms with Gasteiger partial charge in [-0.15, -0.1) is 0 Å². The van der Waals surface area contributed by atoms with E-state index in [1.165, 1.54) is 4.90 Å². The van der Waals surface area contributed by atoms with Gasteiger partial charge in [0.15, 0.2) is 0 Å². The van der Waals surface area contributed by atoms with Crippen LogP contribution in [0, 0.1) is 5.92 Å². The highest BCUT2D eigenvalue weighted by atomic mass is 16.5. The summed E-state index contributed by atoms with van der Waals surface area (Å²) in [6, 6.07) is 6.77. The third-order valence-electron chi connectivity index (χ3n) is 4.78. The van der Waals surface area contributed by atoms with E-state index in [4.69, 9.17) is 5.21 Å². The van der Waals surface area contributed by atoms with Gasteiger partial charge in [-0.2, -0.15) is 0 Å². The molecule has 2 atom stereocenters. The van der Waals surface area contributed by atoms with Crippen molar-refractivity contribution in [1.82, 2.24) is 10.4 Å². The smallest absolute Gasteiger partial charge is 0.296 e. The number of aliphatic hydroxyl groups is 1. The molecule has 0 spiro atoms. The van der Waals surface area contributed by atoms with E-state index in [1.807, 2.05) is 20.8 Å². The van der Waals surface area contributed by atoms with Crippen molar-refractivity contribution >= 4 is 23.4 Å². The van der Waals surface area contributed by atoms with Crippen LogP contribution < -0.4 is 5.48 Å². The summed E-state index contributed by atoms with van der Waals surface area (Å²) in [6.07, 6.45) is 1.74. The number of nitrogens with zero attached hydrogens (tertiary/aromatic N) is 1. The predicted octanol–water partition coefficient (Wildman–Crippen LogP) is 2.46. The van der Waals surface area contributed by atoms with Crippen LogP contribution >= 0.6 is 0 Å². The average Bonchev–Trinajstić information content (AvgIpc) is 2.93. The van der Waals surface area contributed by atoms with Crippen molar-refractivity contribution < 1.29 is 24.7 Å². The molecule has 7 heteroatoms. The molecule has 3 N–H and O–H groups in total. The van der Waals surface area contributed by atoms with Gasteiger partial charge in [-0.1, -0.05) is 63.9 Å². The summed E-state index contributed by atoms with van der Waals surface area (Å²) < 4.78 is 0. The standard InChI is InChI=1S/C20H26N2O5/c1-4-5-11-14(19(25)21-27)22-16(12(2)3)15(18(24)20(22)26)17(23)13-9-7-6-8-10-13/h6-10,12,14,16,23,27H,4-5,11H2,1-3H3,(H,21,25). The molecule has 1 heterocycles. The van der Waals surface area contributed by atoms with E-state index >= 15 is 0 Å². The highest BCUT2D eigenvalue weighted by molar-refractivity contribution is 6.47. The van der Waals surface area contributed by atoms with Crippen LogP contribution in [-0.4, -0.2) is 44.9 Å². The van der Waals surface area contributed by atoms with Gasteiger partial charge in [-0.25, -0.2) is 5.48 Å². The van der Waals surface area contributed by atoms with Crippen molar-refractivity contribution in [3.8, 4) is 0 Å². The summed E-state index contributed by atoms with van der Waals surface area (Å²) in [5.74, 6) is -2.88. The van der Waals surface area contributed by atoms with Crippen LogP contribution in [0.1, 0.15) is 45.6 Å². The van der Waals surface area contributed by atoms with Gasteiger partial charge in [0.2, 0.25) is 0 Å². The van der Waals surface area contributed by atoms with Crippen LogP contribution in [0.25, 0.3) is 5.76 Å². The minimum Gasteiger partial charge on any atom is -0.507 e. The number of rotatable bonds is 7. The number of nitrogens with one attached hydrogen (secondary N) is 1. The second-order valence-electron chi connectivity index (χ2n) is 6.99. The number of hydrogen-bond donors (Lipinski definition) is 3. The van der Waals surface area contributed by atoms with E-state index in [2.05, 4.69) is 0 Å². The fourth-order valence-electron chi connectivity index (χ4n) is 3.49. The van der Waals surface area contributed by atoms with E-state index in [-0.39, 0.29) is 17.3 Å². The van der Waals surface area contributed by atoms with Crippen molar-refractivity contribution in [1.29, 1.82) is 0 Å². The molecule has 0 aromatic heterocycles. The molecule has 1 aliphatic heterocycles. The fraction of sp³-hybridized carbons (Fsp3) is 0.450. The molecule has 2 unspecified atom stereocenters. The zero-order valence-corrected chi connectivity index (χ0v) is 15.8. The summed E-state index contributed by atoms with van der Waals surface area (Å²) in [6.45, 7) is 5.57. The minimum atomic E-state index is -0.986. The van der Waals surface area contributed by atoms with Gasteiger partial charge in [0.05, 0.1) is 11.6 Å². The molecular formula is C20H26N2O5. The van der Waals surface area contributed by atoms with Crippen molar-refractivity contribution in [2.75, 3.05) is 0 Å². The molecular weight excluding hydrogens is 348 g/mol. The van der Waals surface area contributed by atoms with Crippen LogP contribution in [0.2, 0.25) is 0 Å². The molecule has 2 amide bonds. The maximum atomic E-state index is 12.8. The molecule has 146 valence electrons. The average molecular weight is 374 g/mol. The topological polar surface area (TPSA) is 107 Å². The largest absolute Gasteiger partial charge is 0.507 e. The number of amides is 2. The third-order valence-corrected chi connectivity index (χ3v) is 4.78. The van der Waals surface area contributed by atoms with E-state index in [0.717, 1.165) is 6.42 Å². The van der Waals surface area contributed by atoms with Crippen molar-refractivity contribution in [3.05, 3.63) is 41.5 Å². The number of carbonyl (C=O) groups excluding carboxylic acids is 3. The molecule has 0 aliphatic carbocycles. The zero-order valence-electron chi connectivity index (χ0n) is 15.8. The third kappa shape index (κ3) is 4.03. The Morgan fingerprint density at radius 1 is 1.22 bits per heavy atom. The first kappa shape index (κ1) is 20.6. The Balaban J connectivity index is 2.57. The monoisotopic (exact) mass is 374 g/mol. The number of hydrogen-bond acceptors (Lipinski definition) is 5. The van der Waals surface area contributed by atoms with E-state index < -0.39 is 29.7 Å².